The van der Waals surface area contributed by atoms with Gasteiger partial charge in [0.25, 0.3) is 0 Å². The lowest BCUT2D eigenvalue weighted by Crippen LogP contribution is -2.43. The summed E-state index contributed by atoms with van der Waals surface area (Å²) < 4.78 is 6.16. The minimum absolute atomic E-state index is 0.00600. The van der Waals surface area contributed by atoms with E-state index < -0.39 is 0 Å². The molecule has 1 aliphatic heterocycles. The largest absolute Gasteiger partial charge is 0.488 e. The summed E-state index contributed by atoms with van der Waals surface area (Å²) in [6, 6.07) is 17.4. The molecule has 1 heterocycles. The third-order valence-electron chi connectivity index (χ3n) is 4.34. The Balaban J connectivity index is 2.18. The molecule has 2 aromatic rings. The fourth-order valence-electron chi connectivity index (χ4n) is 3.47. The van der Waals surface area contributed by atoms with Gasteiger partial charge < -0.3 is 4.74 Å². The van der Waals surface area contributed by atoms with E-state index in [1.54, 1.807) is 0 Å². The maximum atomic E-state index is 6.16. The zero-order chi connectivity index (χ0) is 14.4. The summed E-state index contributed by atoms with van der Waals surface area (Å²) >= 11 is 0. The Morgan fingerprint density at radius 1 is 0.900 bits per heavy atom. The Bertz CT molecular complexity index is 624. The lowest BCUT2D eigenvalue weighted by molar-refractivity contribution is 0.0583. The van der Waals surface area contributed by atoms with Gasteiger partial charge in [-0.3, -0.25) is 0 Å². The van der Waals surface area contributed by atoms with Gasteiger partial charge >= 0.3 is 0 Å². The normalized spacial score (nSPS) is 23.8. The van der Waals surface area contributed by atoms with Crippen molar-refractivity contribution in [3.05, 3.63) is 65.2 Å². The number of ether oxygens (including phenoxy) is 1. The molecule has 0 saturated carbocycles. The Hall–Kier alpha value is -1.76. The lowest BCUT2D eigenvalue weighted by atomic mass is 9.68. The Labute approximate surface area is 121 Å². The van der Waals surface area contributed by atoms with Crippen LogP contribution in [0.2, 0.25) is 0 Å². The van der Waals surface area contributed by atoms with Crippen molar-refractivity contribution in [2.45, 2.75) is 45.1 Å². The fraction of sp³-hybridized carbons (Fsp3) is 0.368. The number of benzene rings is 2. The van der Waals surface area contributed by atoms with E-state index in [2.05, 4.69) is 76.2 Å². The zero-order valence-electron chi connectivity index (χ0n) is 12.7. The predicted molar refractivity (Wildman–Crippen MR) is 83.4 cm³/mol. The van der Waals surface area contributed by atoms with Crippen molar-refractivity contribution in [3.63, 3.8) is 0 Å². The van der Waals surface area contributed by atoms with Gasteiger partial charge in [-0.2, -0.15) is 0 Å². The Morgan fingerprint density at radius 2 is 1.55 bits per heavy atom. The SMILES string of the molecule is Cc1ccc(C2(C)CC(C)(C)Oc3ccccc32)cc1. The second-order valence-electron chi connectivity index (χ2n) is 6.73. The molecule has 104 valence electrons. The van der Waals surface area contributed by atoms with E-state index in [-0.39, 0.29) is 11.0 Å². The number of hydrogen-bond donors (Lipinski definition) is 0. The van der Waals surface area contributed by atoms with Gasteiger partial charge in [-0.15, -0.1) is 0 Å². The molecule has 1 nitrogen and oxygen atoms in total. The number of hydrogen-bond acceptors (Lipinski definition) is 1. The van der Waals surface area contributed by atoms with Crippen LogP contribution in [-0.4, -0.2) is 5.60 Å². The quantitative estimate of drug-likeness (QED) is 0.716. The van der Waals surface area contributed by atoms with Crippen LogP contribution in [0.25, 0.3) is 0 Å². The molecule has 0 amide bonds. The highest BCUT2D eigenvalue weighted by atomic mass is 16.5. The summed E-state index contributed by atoms with van der Waals surface area (Å²) in [7, 11) is 0. The molecule has 1 atom stereocenters. The van der Waals surface area contributed by atoms with Crippen molar-refractivity contribution < 1.29 is 4.74 Å². The predicted octanol–water partition coefficient (Wildman–Crippen LogP) is 4.86. The Kier molecular flexibility index (Phi) is 2.89. The maximum absolute atomic E-state index is 6.16. The van der Waals surface area contributed by atoms with Crippen LogP contribution in [0.1, 0.15) is 43.9 Å². The van der Waals surface area contributed by atoms with Crippen molar-refractivity contribution in [2.24, 2.45) is 0 Å². The molecule has 0 aliphatic carbocycles. The number of rotatable bonds is 1. The van der Waals surface area contributed by atoms with Crippen LogP contribution in [0.5, 0.6) is 5.75 Å². The van der Waals surface area contributed by atoms with Crippen molar-refractivity contribution >= 4 is 0 Å². The van der Waals surface area contributed by atoms with Crippen molar-refractivity contribution in [3.8, 4) is 5.75 Å². The van der Waals surface area contributed by atoms with Gasteiger partial charge in [-0.25, -0.2) is 0 Å². The van der Waals surface area contributed by atoms with Gasteiger partial charge in [0.05, 0.1) is 0 Å². The summed E-state index contributed by atoms with van der Waals surface area (Å²) in [6.45, 7) is 8.82. The van der Waals surface area contributed by atoms with E-state index in [0.717, 1.165) is 12.2 Å². The lowest BCUT2D eigenvalue weighted by Gasteiger charge is -2.44. The molecule has 0 spiro atoms. The first-order valence-electron chi connectivity index (χ1n) is 7.26. The van der Waals surface area contributed by atoms with Gasteiger partial charge in [-0.05, 0) is 32.4 Å². The molecule has 0 aromatic heterocycles. The summed E-state index contributed by atoms with van der Waals surface area (Å²) in [6.07, 6.45) is 0.986. The Morgan fingerprint density at radius 3 is 2.25 bits per heavy atom. The fourth-order valence-corrected chi connectivity index (χ4v) is 3.47. The van der Waals surface area contributed by atoms with Crippen LogP contribution >= 0.6 is 0 Å². The minimum Gasteiger partial charge on any atom is -0.488 e. The van der Waals surface area contributed by atoms with Gasteiger partial charge in [-0.1, -0.05) is 55.0 Å². The van der Waals surface area contributed by atoms with Crippen LogP contribution < -0.4 is 4.74 Å². The molecule has 0 saturated heterocycles. The average molecular weight is 266 g/mol. The molecule has 1 heteroatoms. The van der Waals surface area contributed by atoms with Gasteiger partial charge in [0, 0.05) is 17.4 Å². The third kappa shape index (κ3) is 2.11. The van der Waals surface area contributed by atoms with E-state index in [0.29, 0.717) is 0 Å². The average Bonchev–Trinajstić information content (AvgIpc) is 2.38. The highest BCUT2D eigenvalue weighted by Gasteiger charge is 2.42. The molecule has 0 fully saturated rings. The van der Waals surface area contributed by atoms with Crippen molar-refractivity contribution in [2.75, 3.05) is 0 Å². The highest BCUT2D eigenvalue weighted by molar-refractivity contribution is 5.49. The van der Waals surface area contributed by atoms with E-state index in [1.807, 2.05) is 0 Å². The smallest absolute Gasteiger partial charge is 0.124 e. The molecular formula is C19H22O. The van der Waals surface area contributed by atoms with Crippen molar-refractivity contribution in [1.29, 1.82) is 0 Å². The highest BCUT2D eigenvalue weighted by Crippen LogP contribution is 2.48. The van der Waals surface area contributed by atoms with Gasteiger partial charge in [0.15, 0.2) is 0 Å². The standard InChI is InChI=1S/C19H22O/c1-14-9-11-15(12-10-14)19(4)13-18(2,3)20-17-8-6-5-7-16(17)19/h5-12H,13H2,1-4H3. The first-order valence-corrected chi connectivity index (χ1v) is 7.26. The number of aryl methyl sites for hydroxylation is 1. The van der Waals surface area contributed by atoms with E-state index in [1.165, 1.54) is 16.7 Å². The first kappa shape index (κ1) is 13.2. The zero-order valence-corrected chi connectivity index (χ0v) is 12.7. The second kappa shape index (κ2) is 4.37. The summed E-state index contributed by atoms with van der Waals surface area (Å²) in [4.78, 5) is 0. The maximum Gasteiger partial charge on any atom is 0.124 e. The summed E-state index contributed by atoms with van der Waals surface area (Å²) in [5, 5.41) is 0. The number of fused-ring (bicyclic) bond motifs is 1. The number of para-hydroxylation sites is 1. The second-order valence-corrected chi connectivity index (χ2v) is 6.73. The van der Waals surface area contributed by atoms with Crippen LogP contribution in [0, 0.1) is 6.92 Å². The van der Waals surface area contributed by atoms with Gasteiger partial charge in [0.1, 0.15) is 11.4 Å². The topological polar surface area (TPSA) is 9.23 Å². The van der Waals surface area contributed by atoms with E-state index in [9.17, 15) is 0 Å². The molecule has 0 radical (unpaired) electrons. The van der Waals surface area contributed by atoms with Crippen LogP contribution in [-0.2, 0) is 5.41 Å². The van der Waals surface area contributed by atoms with Gasteiger partial charge in [0.2, 0.25) is 0 Å². The minimum atomic E-state index is -0.145. The third-order valence-corrected chi connectivity index (χ3v) is 4.34. The van der Waals surface area contributed by atoms with E-state index >= 15 is 0 Å². The molecule has 1 aliphatic rings. The summed E-state index contributed by atoms with van der Waals surface area (Å²) in [5.41, 5.74) is 3.83. The monoisotopic (exact) mass is 266 g/mol. The van der Waals surface area contributed by atoms with Crippen LogP contribution in [0.15, 0.2) is 48.5 Å². The van der Waals surface area contributed by atoms with Crippen LogP contribution in [0.4, 0.5) is 0 Å². The molecule has 0 N–H and O–H groups in total. The molecule has 1 unspecified atom stereocenters. The molecule has 3 rings (SSSR count). The van der Waals surface area contributed by atoms with Crippen LogP contribution in [0.3, 0.4) is 0 Å². The van der Waals surface area contributed by atoms with E-state index in [4.69, 9.17) is 4.74 Å². The molecule has 2 aromatic carbocycles. The molecule has 0 bridgehead atoms. The van der Waals surface area contributed by atoms with Crippen molar-refractivity contribution in [1.82, 2.24) is 0 Å². The molecule has 20 heavy (non-hydrogen) atoms. The molecular weight excluding hydrogens is 244 g/mol. The first-order chi connectivity index (χ1) is 9.41. The summed E-state index contributed by atoms with van der Waals surface area (Å²) in [5.74, 6) is 1.02.